The van der Waals surface area contributed by atoms with Crippen molar-refractivity contribution < 1.29 is 14.3 Å². The van der Waals surface area contributed by atoms with Crippen LogP contribution in [0.15, 0.2) is 16.9 Å². The van der Waals surface area contributed by atoms with Gasteiger partial charge in [-0.05, 0) is 22.0 Å². The van der Waals surface area contributed by atoms with Gasteiger partial charge in [-0.15, -0.1) is 0 Å². The molecule has 0 aromatic carbocycles. The molecule has 0 saturated carbocycles. The number of pyridine rings is 1. The molecule has 4 nitrogen and oxygen atoms in total. The lowest BCUT2D eigenvalue weighted by molar-refractivity contribution is 0.0600. The fourth-order valence-electron chi connectivity index (χ4n) is 0.777. The van der Waals surface area contributed by atoms with Crippen molar-refractivity contribution in [2.75, 3.05) is 7.11 Å². The molecule has 1 aromatic rings. The van der Waals surface area contributed by atoms with E-state index in [4.69, 9.17) is 0 Å². The highest BCUT2D eigenvalue weighted by molar-refractivity contribution is 9.10. The Bertz CT molecular complexity index is 351. The van der Waals surface area contributed by atoms with Crippen molar-refractivity contribution in [2.24, 2.45) is 0 Å². The lowest BCUT2D eigenvalue weighted by Crippen LogP contribution is -2.03. The van der Waals surface area contributed by atoms with E-state index in [1.807, 2.05) is 0 Å². The maximum absolute atomic E-state index is 11.0. The standard InChI is InChI=1S/C8H6BrNO3/c1-13-8(12)5-2-6(4-11)7(9)10-3-5/h2-4H,1H3. The predicted molar refractivity (Wildman–Crippen MR) is 48.7 cm³/mol. The summed E-state index contributed by atoms with van der Waals surface area (Å²) in [6, 6.07) is 1.41. The number of aldehydes is 1. The highest BCUT2D eigenvalue weighted by atomic mass is 79.9. The summed E-state index contributed by atoms with van der Waals surface area (Å²) in [4.78, 5) is 25.3. The molecule has 0 N–H and O–H groups in total. The maximum atomic E-state index is 11.0. The van der Waals surface area contributed by atoms with Crippen molar-refractivity contribution in [1.82, 2.24) is 4.98 Å². The van der Waals surface area contributed by atoms with E-state index in [-0.39, 0.29) is 5.56 Å². The first-order valence-corrected chi connectivity index (χ1v) is 4.17. The number of carbonyl (C=O) groups is 2. The van der Waals surface area contributed by atoms with Crippen LogP contribution in [0.5, 0.6) is 0 Å². The highest BCUT2D eigenvalue weighted by Crippen LogP contribution is 2.13. The van der Waals surface area contributed by atoms with Crippen molar-refractivity contribution in [2.45, 2.75) is 0 Å². The van der Waals surface area contributed by atoms with Gasteiger partial charge in [-0.2, -0.15) is 0 Å². The van der Waals surface area contributed by atoms with E-state index < -0.39 is 5.97 Å². The minimum atomic E-state index is -0.511. The summed E-state index contributed by atoms with van der Waals surface area (Å²) in [7, 11) is 1.27. The summed E-state index contributed by atoms with van der Waals surface area (Å²) < 4.78 is 4.88. The van der Waals surface area contributed by atoms with Gasteiger partial charge in [-0.3, -0.25) is 4.79 Å². The van der Waals surface area contributed by atoms with E-state index in [1.165, 1.54) is 19.4 Å². The maximum Gasteiger partial charge on any atom is 0.339 e. The van der Waals surface area contributed by atoms with Crippen LogP contribution in [-0.4, -0.2) is 24.3 Å². The monoisotopic (exact) mass is 243 g/mol. The number of carbonyl (C=O) groups excluding carboxylic acids is 2. The van der Waals surface area contributed by atoms with Crippen molar-refractivity contribution in [3.8, 4) is 0 Å². The molecule has 0 unspecified atom stereocenters. The number of nitrogens with zero attached hydrogens (tertiary/aromatic N) is 1. The summed E-state index contributed by atoms with van der Waals surface area (Å²) >= 11 is 3.07. The van der Waals surface area contributed by atoms with Gasteiger partial charge in [0.05, 0.1) is 12.7 Å². The Morgan fingerprint density at radius 3 is 2.92 bits per heavy atom. The van der Waals surface area contributed by atoms with Gasteiger partial charge < -0.3 is 4.74 Å². The number of hydrogen-bond donors (Lipinski definition) is 0. The van der Waals surface area contributed by atoms with Crippen LogP contribution in [0.2, 0.25) is 0 Å². The van der Waals surface area contributed by atoms with E-state index >= 15 is 0 Å². The molecule has 0 aliphatic heterocycles. The second-order valence-corrected chi connectivity index (χ2v) is 2.96. The summed E-state index contributed by atoms with van der Waals surface area (Å²) in [5.74, 6) is -0.511. The van der Waals surface area contributed by atoms with E-state index in [0.717, 1.165) is 0 Å². The SMILES string of the molecule is COC(=O)c1cnc(Br)c(C=O)c1. The van der Waals surface area contributed by atoms with Crippen LogP contribution < -0.4 is 0 Å². The van der Waals surface area contributed by atoms with E-state index in [9.17, 15) is 9.59 Å². The molecule has 0 spiro atoms. The van der Waals surface area contributed by atoms with E-state index in [0.29, 0.717) is 16.5 Å². The third-order valence-electron chi connectivity index (χ3n) is 1.41. The van der Waals surface area contributed by atoms with Crippen molar-refractivity contribution in [3.05, 3.63) is 28.0 Å². The third kappa shape index (κ3) is 2.12. The summed E-state index contributed by atoms with van der Waals surface area (Å²) in [5.41, 5.74) is 0.579. The average Bonchev–Trinajstić information content (AvgIpc) is 2.17. The fraction of sp³-hybridized carbons (Fsp3) is 0.125. The Labute approximate surface area is 83.1 Å². The molecule has 0 amide bonds. The molecule has 1 rings (SSSR count). The summed E-state index contributed by atoms with van der Waals surface area (Å²) in [5, 5.41) is 0. The Kier molecular flexibility index (Phi) is 3.13. The molecule has 0 aliphatic rings. The fourth-order valence-corrected chi connectivity index (χ4v) is 1.09. The zero-order valence-electron chi connectivity index (χ0n) is 6.78. The molecule has 0 atom stereocenters. The number of rotatable bonds is 2. The molecule has 0 radical (unpaired) electrons. The molecule has 0 saturated heterocycles. The van der Waals surface area contributed by atoms with Gasteiger partial charge in [0.15, 0.2) is 6.29 Å². The van der Waals surface area contributed by atoms with Crippen LogP contribution >= 0.6 is 15.9 Å². The minimum Gasteiger partial charge on any atom is -0.465 e. The number of ether oxygens (including phenoxy) is 1. The first kappa shape index (κ1) is 9.85. The van der Waals surface area contributed by atoms with Crippen LogP contribution in [-0.2, 0) is 4.74 Å². The van der Waals surface area contributed by atoms with Gasteiger partial charge in [0.25, 0.3) is 0 Å². The second kappa shape index (κ2) is 4.13. The largest absolute Gasteiger partial charge is 0.465 e. The number of aromatic nitrogens is 1. The van der Waals surface area contributed by atoms with Crippen molar-refractivity contribution >= 4 is 28.2 Å². The van der Waals surface area contributed by atoms with Crippen molar-refractivity contribution in [1.29, 1.82) is 0 Å². The Hall–Kier alpha value is -1.23. The number of esters is 1. The van der Waals surface area contributed by atoms with Gasteiger partial charge >= 0.3 is 5.97 Å². The zero-order valence-corrected chi connectivity index (χ0v) is 8.37. The van der Waals surface area contributed by atoms with Gasteiger partial charge in [-0.25, -0.2) is 9.78 Å². The predicted octanol–water partition coefficient (Wildman–Crippen LogP) is 1.44. The third-order valence-corrected chi connectivity index (χ3v) is 2.08. The lowest BCUT2D eigenvalue weighted by atomic mass is 10.2. The zero-order chi connectivity index (χ0) is 9.84. The lowest BCUT2D eigenvalue weighted by Gasteiger charge is -1.99. The number of hydrogen-bond acceptors (Lipinski definition) is 4. The highest BCUT2D eigenvalue weighted by Gasteiger charge is 2.08. The Morgan fingerprint density at radius 2 is 2.38 bits per heavy atom. The number of halogens is 1. The smallest absolute Gasteiger partial charge is 0.339 e. The molecule has 0 aliphatic carbocycles. The second-order valence-electron chi connectivity index (χ2n) is 2.21. The van der Waals surface area contributed by atoms with E-state index in [1.54, 1.807) is 0 Å². The molecule has 5 heteroatoms. The molecule has 1 heterocycles. The van der Waals surface area contributed by atoms with Crippen LogP contribution in [0.25, 0.3) is 0 Å². The molecule has 13 heavy (non-hydrogen) atoms. The van der Waals surface area contributed by atoms with Gasteiger partial charge in [0.1, 0.15) is 4.60 Å². The summed E-state index contributed by atoms with van der Waals surface area (Å²) in [6.45, 7) is 0. The minimum absolute atomic E-state index is 0.257. The van der Waals surface area contributed by atoms with Crippen LogP contribution in [0, 0.1) is 0 Å². The molecular formula is C8H6BrNO3. The van der Waals surface area contributed by atoms with Crippen molar-refractivity contribution in [3.63, 3.8) is 0 Å². The molecule has 0 bridgehead atoms. The quantitative estimate of drug-likeness (QED) is 0.448. The summed E-state index contributed by atoms with van der Waals surface area (Å²) in [6.07, 6.45) is 1.95. The normalized spacial score (nSPS) is 9.38. The first-order chi connectivity index (χ1) is 6.19. The van der Waals surface area contributed by atoms with Crippen LogP contribution in [0.1, 0.15) is 20.7 Å². The Morgan fingerprint density at radius 1 is 1.69 bits per heavy atom. The van der Waals surface area contributed by atoms with Gasteiger partial charge in [0.2, 0.25) is 0 Å². The topological polar surface area (TPSA) is 56.3 Å². The van der Waals surface area contributed by atoms with Gasteiger partial charge in [0, 0.05) is 11.8 Å². The van der Waals surface area contributed by atoms with Crippen LogP contribution in [0.3, 0.4) is 0 Å². The Balaban J connectivity index is 3.13. The first-order valence-electron chi connectivity index (χ1n) is 3.38. The van der Waals surface area contributed by atoms with Crippen LogP contribution in [0.4, 0.5) is 0 Å². The average molecular weight is 244 g/mol. The molecular weight excluding hydrogens is 238 g/mol. The van der Waals surface area contributed by atoms with Gasteiger partial charge in [-0.1, -0.05) is 0 Å². The number of methoxy groups -OCH3 is 1. The molecule has 0 fully saturated rings. The molecule has 1 aromatic heterocycles. The molecule has 68 valence electrons. The van der Waals surface area contributed by atoms with E-state index in [2.05, 4.69) is 25.7 Å².